The maximum absolute atomic E-state index is 10.7. The van der Waals surface area contributed by atoms with Crippen molar-refractivity contribution in [1.29, 1.82) is 0 Å². The molecule has 0 unspecified atom stereocenters. The van der Waals surface area contributed by atoms with E-state index in [0.717, 1.165) is 5.56 Å². The maximum Gasteiger partial charge on any atom is 0.235 e. The third kappa shape index (κ3) is 2.66. The van der Waals surface area contributed by atoms with E-state index in [1.807, 2.05) is 10.8 Å². The molecule has 0 radical (unpaired) electrons. The van der Waals surface area contributed by atoms with Gasteiger partial charge in [0.2, 0.25) is 5.91 Å². The Morgan fingerprint density at radius 3 is 2.83 bits per heavy atom. The second kappa shape index (κ2) is 4.70. The molecule has 5 heteroatoms. The van der Waals surface area contributed by atoms with Gasteiger partial charge in [-0.25, -0.2) is 0 Å². The lowest BCUT2D eigenvalue weighted by Gasteiger charge is -2.00. The van der Waals surface area contributed by atoms with E-state index < -0.39 is 0 Å². The van der Waals surface area contributed by atoms with Crippen molar-refractivity contribution in [3.63, 3.8) is 0 Å². The Labute approximate surface area is 84.5 Å². The standard InChI is InChI=1S/C7H7Cl2NOS/c8-1-7(11)10-2-5-3-12-4-6(5)9/h3-4H,1-2H2,(H,10,11). The maximum atomic E-state index is 10.7. The van der Waals surface area contributed by atoms with Gasteiger partial charge in [0.15, 0.2) is 0 Å². The Balaban J connectivity index is 2.43. The smallest absolute Gasteiger partial charge is 0.235 e. The molecule has 1 rings (SSSR count). The first-order chi connectivity index (χ1) is 5.74. The largest absolute Gasteiger partial charge is 0.351 e. The first kappa shape index (κ1) is 9.84. The summed E-state index contributed by atoms with van der Waals surface area (Å²) < 4.78 is 0. The molecule has 0 fully saturated rings. The van der Waals surface area contributed by atoms with Crippen LogP contribution in [0.1, 0.15) is 5.56 Å². The third-order valence-electron chi connectivity index (χ3n) is 1.29. The van der Waals surface area contributed by atoms with E-state index >= 15 is 0 Å². The van der Waals surface area contributed by atoms with Gasteiger partial charge in [-0.2, -0.15) is 11.3 Å². The molecule has 0 saturated carbocycles. The predicted molar refractivity (Wildman–Crippen MR) is 51.9 cm³/mol. The van der Waals surface area contributed by atoms with Crippen LogP contribution in [-0.2, 0) is 11.3 Å². The number of halogens is 2. The van der Waals surface area contributed by atoms with Crippen molar-refractivity contribution in [2.45, 2.75) is 6.54 Å². The highest BCUT2D eigenvalue weighted by Gasteiger charge is 2.02. The van der Waals surface area contributed by atoms with E-state index in [9.17, 15) is 4.79 Å². The monoisotopic (exact) mass is 223 g/mol. The van der Waals surface area contributed by atoms with Gasteiger partial charge in [0, 0.05) is 17.5 Å². The van der Waals surface area contributed by atoms with Crippen LogP contribution in [0, 0.1) is 0 Å². The summed E-state index contributed by atoms with van der Waals surface area (Å²) in [4.78, 5) is 10.7. The minimum atomic E-state index is -0.182. The first-order valence-electron chi connectivity index (χ1n) is 3.27. The highest BCUT2D eigenvalue weighted by atomic mass is 35.5. The van der Waals surface area contributed by atoms with Crippen molar-refractivity contribution < 1.29 is 4.79 Å². The fourth-order valence-electron chi connectivity index (χ4n) is 0.675. The highest BCUT2D eigenvalue weighted by Crippen LogP contribution is 2.19. The average molecular weight is 224 g/mol. The van der Waals surface area contributed by atoms with Crippen LogP contribution >= 0.6 is 34.5 Å². The second-order valence-electron chi connectivity index (χ2n) is 2.16. The number of nitrogens with one attached hydrogen (secondary N) is 1. The molecule has 1 amide bonds. The molecule has 0 aliphatic carbocycles. The average Bonchev–Trinajstić information content (AvgIpc) is 2.47. The second-order valence-corrected chi connectivity index (χ2v) is 3.57. The summed E-state index contributed by atoms with van der Waals surface area (Å²) >= 11 is 12.6. The van der Waals surface area contributed by atoms with Crippen LogP contribution in [0.25, 0.3) is 0 Å². The Morgan fingerprint density at radius 1 is 1.58 bits per heavy atom. The van der Waals surface area contributed by atoms with Crippen molar-refractivity contribution in [2.75, 3.05) is 5.88 Å². The van der Waals surface area contributed by atoms with Crippen LogP contribution in [0.5, 0.6) is 0 Å². The molecule has 0 atom stereocenters. The van der Waals surface area contributed by atoms with Crippen LogP contribution < -0.4 is 5.32 Å². The number of carbonyl (C=O) groups excluding carboxylic acids is 1. The van der Waals surface area contributed by atoms with Gasteiger partial charge in [0.1, 0.15) is 5.88 Å². The van der Waals surface area contributed by atoms with Gasteiger partial charge in [0.25, 0.3) is 0 Å². The molecule has 1 N–H and O–H groups in total. The van der Waals surface area contributed by atoms with E-state index in [1.54, 1.807) is 0 Å². The van der Waals surface area contributed by atoms with Gasteiger partial charge in [0.05, 0.1) is 5.02 Å². The van der Waals surface area contributed by atoms with Crippen LogP contribution in [0.3, 0.4) is 0 Å². The summed E-state index contributed by atoms with van der Waals surface area (Å²) in [5.74, 6) is -0.194. The van der Waals surface area contributed by atoms with Crippen molar-refractivity contribution in [2.24, 2.45) is 0 Å². The van der Waals surface area contributed by atoms with Gasteiger partial charge in [-0.15, -0.1) is 11.6 Å². The zero-order valence-electron chi connectivity index (χ0n) is 6.14. The van der Waals surface area contributed by atoms with E-state index in [-0.39, 0.29) is 11.8 Å². The summed E-state index contributed by atoms with van der Waals surface area (Å²) in [5, 5.41) is 7.04. The van der Waals surface area contributed by atoms with Gasteiger partial charge >= 0.3 is 0 Å². The predicted octanol–water partition coefficient (Wildman–Crippen LogP) is 2.26. The Morgan fingerprint density at radius 2 is 2.33 bits per heavy atom. The fourth-order valence-corrected chi connectivity index (χ4v) is 1.82. The number of thiophene rings is 1. The van der Waals surface area contributed by atoms with E-state index in [2.05, 4.69) is 5.32 Å². The molecule has 0 saturated heterocycles. The van der Waals surface area contributed by atoms with Crippen molar-refractivity contribution in [1.82, 2.24) is 5.32 Å². The van der Waals surface area contributed by atoms with E-state index in [1.165, 1.54) is 11.3 Å². The molecule has 12 heavy (non-hydrogen) atoms. The van der Waals surface area contributed by atoms with Crippen LogP contribution in [0.15, 0.2) is 10.8 Å². The van der Waals surface area contributed by atoms with Crippen LogP contribution in [0.4, 0.5) is 0 Å². The number of rotatable bonds is 3. The molecule has 0 spiro atoms. The van der Waals surface area contributed by atoms with Gasteiger partial charge in [-0.3, -0.25) is 4.79 Å². The molecule has 0 aromatic carbocycles. The van der Waals surface area contributed by atoms with Crippen LogP contribution in [0.2, 0.25) is 5.02 Å². The number of carbonyl (C=O) groups is 1. The number of amides is 1. The molecule has 0 aliphatic heterocycles. The first-order valence-corrected chi connectivity index (χ1v) is 5.13. The molecule has 66 valence electrons. The van der Waals surface area contributed by atoms with E-state index in [4.69, 9.17) is 23.2 Å². The number of alkyl halides is 1. The van der Waals surface area contributed by atoms with Gasteiger partial charge in [-0.1, -0.05) is 11.6 Å². The minimum Gasteiger partial charge on any atom is -0.351 e. The van der Waals surface area contributed by atoms with Crippen molar-refractivity contribution in [3.8, 4) is 0 Å². The third-order valence-corrected chi connectivity index (χ3v) is 2.80. The van der Waals surface area contributed by atoms with E-state index in [0.29, 0.717) is 11.6 Å². The molecule has 0 aliphatic rings. The molecular formula is C7H7Cl2NOS. The zero-order chi connectivity index (χ0) is 8.97. The Bertz CT molecular complexity index is 274. The molecular weight excluding hydrogens is 217 g/mol. The summed E-state index contributed by atoms with van der Waals surface area (Å²) in [6, 6.07) is 0. The molecule has 0 bridgehead atoms. The Hall–Kier alpha value is -0.250. The SMILES string of the molecule is O=C(CCl)NCc1cscc1Cl. The summed E-state index contributed by atoms with van der Waals surface area (Å²) in [7, 11) is 0. The van der Waals surface area contributed by atoms with Crippen molar-refractivity contribution >= 4 is 40.4 Å². The van der Waals surface area contributed by atoms with Gasteiger partial charge in [-0.05, 0) is 5.38 Å². The fraction of sp³-hybridized carbons (Fsp3) is 0.286. The lowest BCUT2D eigenvalue weighted by molar-refractivity contribution is -0.118. The number of hydrogen-bond donors (Lipinski definition) is 1. The Kier molecular flexibility index (Phi) is 3.85. The number of hydrogen-bond acceptors (Lipinski definition) is 2. The molecule has 1 heterocycles. The van der Waals surface area contributed by atoms with Gasteiger partial charge < -0.3 is 5.32 Å². The minimum absolute atomic E-state index is 0.0121. The molecule has 1 aromatic rings. The lowest BCUT2D eigenvalue weighted by atomic mass is 10.3. The topological polar surface area (TPSA) is 29.1 Å². The van der Waals surface area contributed by atoms with Crippen molar-refractivity contribution in [3.05, 3.63) is 21.3 Å². The summed E-state index contributed by atoms with van der Waals surface area (Å²) in [6.07, 6.45) is 0. The normalized spacial score (nSPS) is 9.83. The molecule has 1 aromatic heterocycles. The van der Waals surface area contributed by atoms with Crippen LogP contribution in [-0.4, -0.2) is 11.8 Å². The lowest BCUT2D eigenvalue weighted by Crippen LogP contribution is -2.23. The zero-order valence-corrected chi connectivity index (χ0v) is 8.47. The summed E-state index contributed by atoms with van der Waals surface area (Å²) in [5.41, 5.74) is 0.931. The molecule has 2 nitrogen and oxygen atoms in total. The summed E-state index contributed by atoms with van der Waals surface area (Å²) in [6.45, 7) is 0.452. The highest BCUT2D eigenvalue weighted by molar-refractivity contribution is 7.08. The quantitative estimate of drug-likeness (QED) is 0.784.